The zero-order valence-corrected chi connectivity index (χ0v) is 29.0. The van der Waals surface area contributed by atoms with Crippen LogP contribution >= 0.6 is 15.8 Å². The van der Waals surface area contributed by atoms with Gasteiger partial charge < -0.3 is 0 Å². The lowest BCUT2D eigenvalue weighted by Crippen LogP contribution is -2.62. The van der Waals surface area contributed by atoms with Crippen molar-refractivity contribution >= 4 is 15.8 Å². The number of hydrogen-bond donors (Lipinski definition) is 0. The molecule has 0 N–H and O–H groups in total. The lowest BCUT2D eigenvalue weighted by Gasteiger charge is -2.66. The van der Waals surface area contributed by atoms with E-state index < -0.39 is 15.8 Å². The largest absolute Gasteiger partial charge is 0.259 e. The molecule has 0 bridgehead atoms. The van der Waals surface area contributed by atoms with Gasteiger partial charge in [-0.15, -0.1) is 0 Å². The number of rotatable bonds is 9. The summed E-state index contributed by atoms with van der Waals surface area (Å²) in [6, 6.07) is 2.03. The van der Waals surface area contributed by atoms with E-state index in [1.54, 1.807) is 0 Å². The molecule has 2 fully saturated rings. The molecular weight excluding hydrogens is 478 g/mol. The third kappa shape index (κ3) is 6.70. The van der Waals surface area contributed by atoms with Crippen LogP contribution in [0.25, 0.3) is 0 Å². The van der Waals surface area contributed by atoms with Crippen LogP contribution in [0, 0.1) is 0 Å². The van der Waals surface area contributed by atoms with Crippen molar-refractivity contribution in [2.45, 2.75) is 196 Å². The quantitative estimate of drug-likeness (QED) is 0.269. The molecule has 2 aliphatic rings. The number of nitrogens with zero attached hydrogens (tertiary/aromatic N) is 4. The highest BCUT2D eigenvalue weighted by atomic mass is 32.1. The molecule has 0 unspecified atom stereocenters. The van der Waals surface area contributed by atoms with Crippen LogP contribution in [0.2, 0.25) is 0 Å². The smallest absolute Gasteiger partial charge is 0.0991 e. The first-order chi connectivity index (χ1) is 16.2. The van der Waals surface area contributed by atoms with E-state index in [9.17, 15) is 0 Å². The summed E-state index contributed by atoms with van der Waals surface area (Å²) in [7, 11) is -1.24. The minimum Gasteiger partial charge on any atom is -0.259 e. The maximum absolute atomic E-state index is 3.09. The Morgan fingerprint density at radius 3 is 0.806 bits per heavy atom. The number of piperidine rings is 2. The van der Waals surface area contributed by atoms with Gasteiger partial charge in [-0.25, -0.2) is 0 Å². The van der Waals surface area contributed by atoms with Crippen LogP contribution in [-0.4, -0.2) is 65.0 Å². The van der Waals surface area contributed by atoms with Gasteiger partial charge in [-0.1, -0.05) is 0 Å². The van der Waals surface area contributed by atoms with E-state index in [1.807, 2.05) is 0 Å². The predicted molar refractivity (Wildman–Crippen MR) is 166 cm³/mol. The average Bonchev–Trinajstić information content (AvgIpc) is 2.62. The normalized spacial score (nSPS) is 26.5. The molecule has 214 valence electrons. The molecule has 2 atom stereocenters. The van der Waals surface area contributed by atoms with E-state index in [0.29, 0.717) is 24.2 Å². The van der Waals surface area contributed by atoms with Crippen molar-refractivity contribution in [3.8, 4) is 0 Å². The molecule has 0 spiro atoms. The molecule has 6 heteroatoms. The summed E-state index contributed by atoms with van der Waals surface area (Å²) < 4.78 is 12.1. The molecule has 36 heavy (non-hydrogen) atoms. The molecule has 2 heterocycles. The summed E-state index contributed by atoms with van der Waals surface area (Å²) >= 11 is 0. The lowest BCUT2D eigenvalue weighted by atomic mass is 9.83. The van der Waals surface area contributed by atoms with Crippen molar-refractivity contribution in [2.75, 3.05) is 0 Å². The molecule has 4 nitrogen and oxygen atoms in total. The van der Waals surface area contributed by atoms with Crippen LogP contribution < -0.4 is 0 Å². The first kappa shape index (κ1) is 32.9. The maximum atomic E-state index is 3.09. The number of hydrogen-bond acceptors (Lipinski definition) is 4. The minimum atomic E-state index is -0.621. The van der Waals surface area contributed by atoms with Crippen LogP contribution in [0.5, 0.6) is 0 Å². The Balaban J connectivity index is 2.99. The fourth-order valence-corrected chi connectivity index (χ4v) is 20.1. The average molecular weight is 543 g/mol. The van der Waals surface area contributed by atoms with Crippen molar-refractivity contribution in [1.82, 2.24) is 18.7 Å². The van der Waals surface area contributed by atoms with E-state index in [-0.39, 0.29) is 22.2 Å². The highest BCUT2D eigenvalue weighted by Crippen LogP contribution is 2.83. The van der Waals surface area contributed by atoms with E-state index in [0.717, 1.165) is 0 Å². The topological polar surface area (TPSA) is 13.0 Å². The minimum absolute atomic E-state index is 0.180. The second kappa shape index (κ2) is 11.7. The molecule has 0 radical (unpaired) electrons. The van der Waals surface area contributed by atoms with Crippen LogP contribution in [0.15, 0.2) is 0 Å². The zero-order valence-electron chi connectivity index (χ0n) is 27.2. The van der Waals surface area contributed by atoms with E-state index in [2.05, 4.69) is 129 Å². The van der Waals surface area contributed by atoms with Gasteiger partial charge in [0.15, 0.2) is 0 Å². The summed E-state index contributed by atoms with van der Waals surface area (Å²) in [5.41, 5.74) is 0.721. The first-order valence-corrected chi connectivity index (χ1v) is 18.2. The highest BCUT2D eigenvalue weighted by Gasteiger charge is 2.58. The molecule has 0 aromatic rings. The molecule has 2 saturated heterocycles. The lowest BCUT2D eigenvalue weighted by molar-refractivity contribution is 0.0434. The fourth-order valence-electron chi connectivity index (χ4n) is 7.51. The van der Waals surface area contributed by atoms with E-state index in [4.69, 9.17) is 0 Å². The Bertz CT molecular complexity index is 606. The van der Waals surface area contributed by atoms with Crippen molar-refractivity contribution in [2.24, 2.45) is 0 Å². The Hall–Kier alpha value is 0.700. The monoisotopic (exact) mass is 542 g/mol. The maximum Gasteiger partial charge on any atom is 0.0991 e. The molecule has 0 aromatic heterocycles. The summed E-state index contributed by atoms with van der Waals surface area (Å²) in [6.07, 6.45) is 7.83. The van der Waals surface area contributed by atoms with Gasteiger partial charge in [0, 0.05) is 46.3 Å². The second-order valence-electron chi connectivity index (χ2n) is 15.3. The van der Waals surface area contributed by atoms with E-state index >= 15 is 0 Å². The standard InChI is InChI=1S/C30H64N4P2/c1-23(2)31(24(3)4)35(33-27(9,10)19-17-20-28(33,11)12)36(32(25(5)6)26(7)8)34-29(13,14)21-18-22-30(34,15)16/h23-26H,17-22H2,1-16H3/t35-,36-/m0/s1. The molecule has 0 amide bonds. The second-order valence-corrected chi connectivity index (χ2v) is 20.2. The van der Waals surface area contributed by atoms with Gasteiger partial charge in [-0.2, -0.15) is 0 Å². The third-order valence-corrected chi connectivity index (χ3v) is 17.6. The Kier molecular flexibility index (Phi) is 10.7. The predicted octanol–water partition coefficient (Wildman–Crippen LogP) is 9.85. The van der Waals surface area contributed by atoms with Gasteiger partial charge in [0.05, 0.1) is 15.8 Å². The molecule has 2 rings (SSSR count). The summed E-state index contributed by atoms with van der Waals surface area (Å²) in [4.78, 5) is 0. The van der Waals surface area contributed by atoms with Crippen LogP contribution in [0.4, 0.5) is 0 Å². The van der Waals surface area contributed by atoms with Gasteiger partial charge in [0.1, 0.15) is 0 Å². The Labute approximate surface area is 229 Å². The van der Waals surface area contributed by atoms with Gasteiger partial charge in [0.2, 0.25) is 0 Å². The summed E-state index contributed by atoms with van der Waals surface area (Å²) in [6.45, 7) is 40.0. The Morgan fingerprint density at radius 2 is 0.639 bits per heavy atom. The Morgan fingerprint density at radius 1 is 0.444 bits per heavy atom. The first-order valence-electron chi connectivity index (χ1n) is 15.0. The molecule has 2 aliphatic heterocycles. The fraction of sp³-hybridized carbons (Fsp3) is 1.00. The SMILES string of the molecule is CC(C)N(C(C)C)[P@@](N1C(C)(C)CCCC1(C)C)[P@@](N(C(C)C)C(C)C)N1C(C)(C)CCCC1(C)C. The summed E-state index contributed by atoms with van der Waals surface area (Å²) in [5, 5.41) is 0. The highest BCUT2D eigenvalue weighted by molar-refractivity contribution is 8.25. The van der Waals surface area contributed by atoms with Crippen LogP contribution in [-0.2, 0) is 0 Å². The van der Waals surface area contributed by atoms with Crippen LogP contribution in [0.3, 0.4) is 0 Å². The molecule has 0 aromatic carbocycles. The summed E-state index contributed by atoms with van der Waals surface area (Å²) in [5.74, 6) is 0. The van der Waals surface area contributed by atoms with E-state index in [1.165, 1.54) is 38.5 Å². The zero-order chi connectivity index (χ0) is 28.0. The van der Waals surface area contributed by atoms with Crippen molar-refractivity contribution in [3.05, 3.63) is 0 Å². The molecule has 0 aliphatic carbocycles. The van der Waals surface area contributed by atoms with Gasteiger partial charge in [0.25, 0.3) is 0 Å². The molecular formula is C30H64N4P2. The van der Waals surface area contributed by atoms with Crippen molar-refractivity contribution in [1.29, 1.82) is 0 Å². The van der Waals surface area contributed by atoms with Crippen molar-refractivity contribution < 1.29 is 0 Å². The van der Waals surface area contributed by atoms with Gasteiger partial charge in [-0.3, -0.25) is 18.7 Å². The molecule has 0 saturated carbocycles. The third-order valence-electron chi connectivity index (χ3n) is 8.50. The van der Waals surface area contributed by atoms with Gasteiger partial charge >= 0.3 is 0 Å². The van der Waals surface area contributed by atoms with Crippen molar-refractivity contribution in [3.63, 3.8) is 0 Å². The van der Waals surface area contributed by atoms with Crippen LogP contribution in [0.1, 0.15) is 149 Å². The van der Waals surface area contributed by atoms with Gasteiger partial charge in [-0.05, 0) is 149 Å².